The van der Waals surface area contributed by atoms with E-state index in [-0.39, 0.29) is 0 Å². The van der Waals surface area contributed by atoms with E-state index in [9.17, 15) is 8.42 Å². The first-order chi connectivity index (χ1) is 9.88. The van der Waals surface area contributed by atoms with Crippen molar-refractivity contribution in [1.82, 2.24) is 8.96 Å². The van der Waals surface area contributed by atoms with Gasteiger partial charge in [0.1, 0.15) is 4.75 Å². The molecule has 1 aliphatic carbocycles. The van der Waals surface area contributed by atoms with Crippen LogP contribution < -0.4 is 0 Å². The second-order valence-electron chi connectivity index (χ2n) is 5.68. The molecule has 0 radical (unpaired) electrons. The number of fused-ring (bicyclic) bond motifs is 1. The highest BCUT2D eigenvalue weighted by atomic mass is 32.2. The van der Waals surface area contributed by atoms with Gasteiger partial charge in [-0.3, -0.25) is 0 Å². The Hall–Kier alpha value is -1.88. The lowest BCUT2D eigenvalue weighted by atomic mass is 9.89. The predicted octanol–water partition coefficient (Wildman–Crippen LogP) is 3.27. The minimum absolute atomic E-state index is 0.477. The first-order valence-electron chi connectivity index (χ1n) is 6.89. The molecule has 0 spiro atoms. The first-order valence-corrected chi connectivity index (χ1v) is 8.33. The molecule has 0 bridgehead atoms. The van der Waals surface area contributed by atoms with Crippen LogP contribution in [0.1, 0.15) is 27.2 Å². The maximum atomic E-state index is 13.2. The van der Waals surface area contributed by atoms with Crippen LogP contribution in [0.25, 0.3) is 11.0 Å². The minimum atomic E-state index is -3.58. The number of rotatable bonds is 2. The standard InChI is InChI=1S/C16H18N2O2S/c1-12-6-4-9-16(3,13(12)2)21(19,20)18-11-8-14-7-5-10-17-15(14)18/h4-8,10-11H,9H2,1-3H3. The van der Waals surface area contributed by atoms with Crippen molar-refractivity contribution < 1.29 is 8.42 Å². The number of aromatic nitrogens is 2. The van der Waals surface area contributed by atoms with Crippen LogP contribution in [0, 0.1) is 0 Å². The van der Waals surface area contributed by atoms with Gasteiger partial charge >= 0.3 is 0 Å². The Morgan fingerprint density at radius 3 is 2.81 bits per heavy atom. The Morgan fingerprint density at radius 2 is 2.05 bits per heavy atom. The summed E-state index contributed by atoms with van der Waals surface area (Å²) in [7, 11) is -3.58. The highest BCUT2D eigenvalue weighted by Crippen LogP contribution is 2.38. The Morgan fingerprint density at radius 1 is 1.29 bits per heavy atom. The molecule has 1 aliphatic rings. The van der Waals surface area contributed by atoms with Crippen molar-refractivity contribution in [2.24, 2.45) is 0 Å². The van der Waals surface area contributed by atoms with Crippen LogP contribution in [0.2, 0.25) is 0 Å². The fraction of sp³-hybridized carbons (Fsp3) is 0.312. The third kappa shape index (κ3) is 1.87. The van der Waals surface area contributed by atoms with E-state index < -0.39 is 14.8 Å². The highest BCUT2D eigenvalue weighted by Gasteiger charge is 2.43. The molecule has 3 rings (SSSR count). The van der Waals surface area contributed by atoms with Gasteiger partial charge in [-0.15, -0.1) is 0 Å². The Balaban J connectivity index is 2.24. The number of allylic oxidation sites excluding steroid dienone is 3. The Bertz CT molecular complexity index is 875. The van der Waals surface area contributed by atoms with E-state index in [0.29, 0.717) is 12.1 Å². The van der Waals surface area contributed by atoms with Crippen molar-refractivity contribution >= 4 is 21.1 Å². The Kier molecular flexibility index (Phi) is 3.06. The number of pyridine rings is 1. The molecule has 0 aliphatic heterocycles. The van der Waals surface area contributed by atoms with Gasteiger partial charge in [0.2, 0.25) is 10.0 Å². The molecule has 1 unspecified atom stereocenters. The van der Waals surface area contributed by atoms with E-state index in [1.165, 1.54) is 3.97 Å². The van der Waals surface area contributed by atoms with E-state index in [1.54, 1.807) is 31.5 Å². The maximum Gasteiger partial charge on any atom is 0.249 e. The number of hydrogen-bond donors (Lipinski definition) is 0. The van der Waals surface area contributed by atoms with Gasteiger partial charge in [0.25, 0.3) is 0 Å². The van der Waals surface area contributed by atoms with Gasteiger partial charge in [0.05, 0.1) is 0 Å². The van der Waals surface area contributed by atoms with E-state index in [4.69, 9.17) is 0 Å². The molecule has 0 saturated carbocycles. The van der Waals surface area contributed by atoms with Gasteiger partial charge in [-0.05, 0) is 51.0 Å². The summed E-state index contributed by atoms with van der Waals surface area (Å²) in [6.07, 6.45) is 7.60. The molecule has 1 atom stereocenters. The zero-order valence-electron chi connectivity index (χ0n) is 12.4. The number of nitrogens with zero attached hydrogens (tertiary/aromatic N) is 2. The summed E-state index contributed by atoms with van der Waals surface area (Å²) in [4.78, 5) is 4.23. The SMILES string of the molecule is CC1=C(C)C(C)(S(=O)(=O)n2ccc3cccnc32)CC=C1. The molecule has 21 heavy (non-hydrogen) atoms. The van der Waals surface area contributed by atoms with Crippen molar-refractivity contribution in [3.05, 3.63) is 53.9 Å². The van der Waals surface area contributed by atoms with Crippen molar-refractivity contribution in [3.63, 3.8) is 0 Å². The van der Waals surface area contributed by atoms with E-state index in [1.807, 2.05) is 32.1 Å². The molecule has 0 fully saturated rings. The fourth-order valence-corrected chi connectivity index (χ4v) is 4.70. The third-order valence-electron chi connectivity index (χ3n) is 4.50. The average Bonchev–Trinajstić information content (AvgIpc) is 2.89. The smallest absolute Gasteiger partial charge is 0.237 e. The first kappa shape index (κ1) is 14.1. The summed E-state index contributed by atoms with van der Waals surface area (Å²) in [6, 6.07) is 5.46. The zero-order valence-corrected chi connectivity index (χ0v) is 13.2. The summed E-state index contributed by atoms with van der Waals surface area (Å²) in [5, 5.41) is 0.828. The van der Waals surface area contributed by atoms with Crippen molar-refractivity contribution in [1.29, 1.82) is 0 Å². The topological polar surface area (TPSA) is 52.0 Å². The molecular formula is C16H18N2O2S. The summed E-state index contributed by atoms with van der Waals surface area (Å²) in [5.41, 5.74) is 2.39. The van der Waals surface area contributed by atoms with Crippen LogP contribution in [0.5, 0.6) is 0 Å². The number of hydrogen-bond acceptors (Lipinski definition) is 3. The summed E-state index contributed by atoms with van der Waals surface area (Å²) < 4.78 is 26.8. The molecule has 4 nitrogen and oxygen atoms in total. The monoisotopic (exact) mass is 302 g/mol. The summed E-state index contributed by atoms with van der Waals surface area (Å²) in [5.74, 6) is 0. The predicted molar refractivity (Wildman–Crippen MR) is 84.6 cm³/mol. The van der Waals surface area contributed by atoms with Crippen LogP contribution in [0.3, 0.4) is 0 Å². The molecule has 110 valence electrons. The average molecular weight is 302 g/mol. The Labute approximate surface area is 124 Å². The second kappa shape index (κ2) is 4.56. The molecule has 2 heterocycles. The van der Waals surface area contributed by atoms with Crippen molar-refractivity contribution in [3.8, 4) is 0 Å². The molecule has 0 amide bonds. The van der Waals surface area contributed by atoms with Crippen molar-refractivity contribution in [2.75, 3.05) is 0 Å². The minimum Gasteiger partial charge on any atom is -0.237 e. The third-order valence-corrected chi connectivity index (χ3v) is 6.93. The van der Waals surface area contributed by atoms with E-state index in [2.05, 4.69) is 4.98 Å². The lowest BCUT2D eigenvalue weighted by Crippen LogP contribution is -2.41. The van der Waals surface area contributed by atoms with Gasteiger partial charge in [-0.2, -0.15) is 0 Å². The fourth-order valence-electron chi connectivity index (χ4n) is 2.81. The van der Waals surface area contributed by atoms with Gasteiger partial charge < -0.3 is 0 Å². The lowest BCUT2D eigenvalue weighted by molar-refractivity contribution is 0.545. The van der Waals surface area contributed by atoms with Gasteiger partial charge in [0, 0.05) is 17.8 Å². The molecule has 0 saturated heterocycles. The highest BCUT2D eigenvalue weighted by molar-refractivity contribution is 7.91. The molecule has 2 aromatic rings. The largest absolute Gasteiger partial charge is 0.249 e. The zero-order chi connectivity index (χ0) is 15.3. The molecular weight excluding hydrogens is 284 g/mol. The molecule has 0 N–H and O–H groups in total. The van der Waals surface area contributed by atoms with Crippen LogP contribution >= 0.6 is 0 Å². The molecule has 5 heteroatoms. The molecule has 2 aromatic heterocycles. The lowest BCUT2D eigenvalue weighted by Gasteiger charge is -2.33. The maximum absolute atomic E-state index is 13.2. The normalized spacial score (nSPS) is 23.0. The van der Waals surface area contributed by atoms with Gasteiger partial charge in [-0.1, -0.05) is 17.7 Å². The van der Waals surface area contributed by atoms with Gasteiger partial charge in [-0.25, -0.2) is 17.4 Å². The molecule has 0 aromatic carbocycles. The van der Waals surface area contributed by atoms with Crippen molar-refractivity contribution in [2.45, 2.75) is 31.9 Å². The van der Waals surface area contributed by atoms with Crippen LogP contribution in [-0.2, 0) is 10.0 Å². The van der Waals surface area contributed by atoms with Crippen LogP contribution in [-0.4, -0.2) is 22.1 Å². The summed E-state index contributed by atoms with van der Waals surface area (Å²) in [6.45, 7) is 5.64. The second-order valence-corrected chi connectivity index (χ2v) is 7.92. The van der Waals surface area contributed by atoms with E-state index in [0.717, 1.165) is 16.5 Å². The van der Waals surface area contributed by atoms with E-state index >= 15 is 0 Å². The van der Waals surface area contributed by atoms with Crippen LogP contribution in [0.15, 0.2) is 53.9 Å². The summed E-state index contributed by atoms with van der Waals surface area (Å²) >= 11 is 0. The van der Waals surface area contributed by atoms with Crippen LogP contribution in [0.4, 0.5) is 0 Å². The van der Waals surface area contributed by atoms with Gasteiger partial charge in [0.15, 0.2) is 5.65 Å². The quantitative estimate of drug-likeness (QED) is 0.855.